The van der Waals surface area contributed by atoms with Crippen molar-refractivity contribution in [3.05, 3.63) is 0 Å². The fourth-order valence-corrected chi connectivity index (χ4v) is 4.82. The van der Waals surface area contributed by atoms with E-state index in [2.05, 4.69) is 33.8 Å². The molecule has 6 nitrogen and oxygen atoms in total. The molecule has 0 saturated carbocycles. The first-order valence-corrected chi connectivity index (χ1v) is 10.5. The predicted octanol–water partition coefficient (Wildman–Crippen LogP) is 1.58. The van der Waals surface area contributed by atoms with Gasteiger partial charge in [-0.15, -0.1) is 24.0 Å². The smallest absolute Gasteiger partial charge is 0.209 e. The molecule has 0 aromatic carbocycles. The number of halogens is 1. The summed E-state index contributed by atoms with van der Waals surface area (Å²) in [6.45, 7) is 10.6. The lowest BCUT2D eigenvalue weighted by Gasteiger charge is -2.37. The molecule has 1 rings (SSSR count). The van der Waals surface area contributed by atoms with Crippen molar-refractivity contribution in [2.24, 2.45) is 10.9 Å². The van der Waals surface area contributed by atoms with Crippen molar-refractivity contribution < 1.29 is 8.42 Å². The highest BCUT2D eigenvalue weighted by molar-refractivity contribution is 14.0. The number of sulfonamides is 1. The quantitative estimate of drug-likeness (QED) is 0.357. The maximum Gasteiger partial charge on any atom is 0.209 e. The standard InChI is InChI=1S/C14H30N4O2S2.HI/c1-11(2)12-9-18(7-8-21-12)13(15-5)16-10-14(3,4)17-22(6,19)20;/h11-12,17H,7-10H2,1-6H3,(H,15,16);1H. The second-order valence-corrected chi connectivity index (χ2v) is 9.85. The number of hydrogen-bond acceptors (Lipinski definition) is 4. The van der Waals surface area contributed by atoms with Crippen molar-refractivity contribution in [2.45, 2.75) is 38.5 Å². The molecule has 1 aliphatic heterocycles. The average Bonchev–Trinajstić information content (AvgIpc) is 2.36. The summed E-state index contributed by atoms with van der Waals surface area (Å²) in [4.78, 5) is 6.61. The van der Waals surface area contributed by atoms with E-state index in [1.54, 1.807) is 7.05 Å². The molecule has 0 aromatic heterocycles. The molecule has 0 aliphatic carbocycles. The Morgan fingerprint density at radius 1 is 1.43 bits per heavy atom. The van der Waals surface area contributed by atoms with E-state index < -0.39 is 15.6 Å². The summed E-state index contributed by atoms with van der Waals surface area (Å²) in [6.07, 6.45) is 1.18. The minimum atomic E-state index is -3.23. The number of aliphatic imine (C=N–C) groups is 1. The van der Waals surface area contributed by atoms with E-state index in [-0.39, 0.29) is 24.0 Å². The van der Waals surface area contributed by atoms with Gasteiger partial charge in [-0.2, -0.15) is 11.8 Å². The van der Waals surface area contributed by atoms with Crippen LogP contribution in [0.3, 0.4) is 0 Å². The van der Waals surface area contributed by atoms with Gasteiger partial charge in [-0.1, -0.05) is 13.8 Å². The maximum atomic E-state index is 11.4. The van der Waals surface area contributed by atoms with Crippen LogP contribution >= 0.6 is 35.7 Å². The number of hydrogen-bond donors (Lipinski definition) is 2. The molecule has 0 aromatic rings. The van der Waals surface area contributed by atoms with Crippen LogP contribution < -0.4 is 10.0 Å². The van der Waals surface area contributed by atoms with Crippen LogP contribution in [-0.2, 0) is 10.0 Å². The molecule has 9 heteroatoms. The van der Waals surface area contributed by atoms with Crippen LogP contribution in [-0.4, -0.2) is 68.8 Å². The van der Waals surface area contributed by atoms with Gasteiger partial charge in [0.05, 0.1) is 6.26 Å². The first-order valence-electron chi connectivity index (χ1n) is 7.60. The van der Waals surface area contributed by atoms with Crippen LogP contribution in [0, 0.1) is 5.92 Å². The van der Waals surface area contributed by atoms with Gasteiger partial charge in [0.1, 0.15) is 0 Å². The van der Waals surface area contributed by atoms with Crippen LogP contribution in [0.4, 0.5) is 0 Å². The zero-order valence-electron chi connectivity index (χ0n) is 14.9. The molecule has 0 radical (unpaired) electrons. The Hall–Kier alpha value is 0.260. The molecule has 1 saturated heterocycles. The van der Waals surface area contributed by atoms with Crippen LogP contribution in [0.2, 0.25) is 0 Å². The zero-order valence-corrected chi connectivity index (χ0v) is 18.9. The second kappa shape index (κ2) is 9.67. The summed E-state index contributed by atoms with van der Waals surface area (Å²) in [6, 6.07) is 0. The Balaban J connectivity index is 0.00000484. The highest BCUT2D eigenvalue weighted by atomic mass is 127. The van der Waals surface area contributed by atoms with Crippen molar-refractivity contribution in [1.82, 2.24) is 14.9 Å². The molecule has 23 heavy (non-hydrogen) atoms. The summed E-state index contributed by atoms with van der Waals surface area (Å²) < 4.78 is 25.4. The van der Waals surface area contributed by atoms with E-state index in [4.69, 9.17) is 0 Å². The fourth-order valence-electron chi connectivity index (χ4n) is 2.44. The molecule has 0 bridgehead atoms. The van der Waals surface area contributed by atoms with E-state index in [0.717, 1.165) is 24.8 Å². The van der Waals surface area contributed by atoms with Crippen LogP contribution in [0.1, 0.15) is 27.7 Å². The SMILES string of the molecule is CN=C(NCC(C)(C)NS(C)(=O)=O)N1CCSC(C(C)C)C1.I. The largest absolute Gasteiger partial charge is 0.354 e. The lowest BCUT2D eigenvalue weighted by atomic mass is 10.1. The Kier molecular flexibility index (Phi) is 9.78. The van der Waals surface area contributed by atoms with Gasteiger partial charge in [-0.05, 0) is 19.8 Å². The van der Waals surface area contributed by atoms with Crippen molar-refractivity contribution >= 4 is 51.7 Å². The van der Waals surface area contributed by atoms with Crippen LogP contribution in [0.15, 0.2) is 4.99 Å². The third kappa shape index (κ3) is 8.78. The lowest BCUT2D eigenvalue weighted by Crippen LogP contribution is -2.55. The molecule has 1 fully saturated rings. The molecule has 0 spiro atoms. The zero-order chi connectivity index (χ0) is 17.0. The summed E-state index contributed by atoms with van der Waals surface area (Å²) in [5, 5.41) is 3.91. The summed E-state index contributed by atoms with van der Waals surface area (Å²) in [7, 11) is -1.46. The average molecular weight is 478 g/mol. The first kappa shape index (κ1) is 23.3. The monoisotopic (exact) mass is 478 g/mol. The lowest BCUT2D eigenvalue weighted by molar-refractivity contribution is 0.370. The third-order valence-electron chi connectivity index (χ3n) is 3.50. The number of nitrogens with zero attached hydrogens (tertiary/aromatic N) is 2. The summed E-state index contributed by atoms with van der Waals surface area (Å²) in [5.74, 6) is 2.57. The van der Waals surface area contributed by atoms with Crippen LogP contribution in [0.25, 0.3) is 0 Å². The number of guanidine groups is 1. The number of thioether (sulfide) groups is 1. The molecule has 1 unspecified atom stereocenters. The normalized spacial score (nSPS) is 20.4. The van der Waals surface area contributed by atoms with Crippen molar-refractivity contribution in [2.75, 3.05) is 38.7 Å². The molecule has 0 amide bonds. The molecular formula is C14H31IN4O2S2. The van der Waals surface area contributed by atoms with Gasteiger partial charge in [-0.25, -0.2) is 13.1 Å². The van der Waals surface area contributed by atoms with Gasteiger partial charge in [0.25, 0.3) is 0 Å². The fraction of sp³-hybridized carbons (Fsp3) is 0.929. The molecule has 1 atom stereocenters. The Morgan fingerprint density at radius 2 is 2.04 bits per heavy atom. The van der Waals surface area contributed by atoms with E-state index >= 15 is 0 Å². The number of nitrogens with one attached hydrogen (secondary N) is 2. The summed E-state index contributed by atoms with van der Waals surface area (Å²) >= 11 is 2.02. The predicted molar refractivity (Wildman–Crippen MR) is 111 cm³/mol. The molecule has 1 aliphatic rings. The Labute approximate surface area is 162 Å². The second-order valence-electron chi connectivity index (χ2n) is 6.76. The Morgan fingerprint density at radius 3 is 2.52 bits per heavy atom. The highest BCUT2D eigenvalue weighted by Crippen LogP contribution is 2.24. The van der Waals surface area contributed by atoms with E-state index in [9.17, 15) is 8.42 Å². The van der Waals surface area contributed by atoms with Crippen molar-refractivity contribution in [3.8, 4) is 0 Å². The minimum absolute atomic E-state index is 0. The van der Waals surface area contributed by atoms with E-state index in [1.165, 1.54) is 6.26 Å². The van der Waals surface area contributed by atoms with Crippen molar-refractivity contribution in [3.63, 3.8) is 0 Å². The van der Waals surface area contributed by atoms with Gasteiger partial charge in [-0.3, -0.25) is 4.99 Å². The summed E-state index contributed by atoms with van der Waals surface area (Å²) in [5.41, 5.74) is -0.564. The first-order chi connectivity index (χ1) is 10.0. The molecule has 138 valence electrons. The highest BCUT2D eigenvalue weighted by Gasteiger charge is 2.27. The van der Waals surface area contributed by atoms with Gasteiger partial charge in [0, 0.05) is 43.2 Å². The van der Waals surface area contributed by atoms with Gasteiger partial charge in [0.15, 0.2) is 5.96 Å². The topological polar surface area (TPSA) is 73.8 Å². The number of rotatable bonds is 5. The minimum Gasteiger partial charge on any atom is -0.354 e. The van der Waals surface area contributed by atoms with Gasteiger partial charge in [0.2, 0.25) is 10.0 Å². The van der Waals surface area contributed by atoms with Gasteiger partial charge >= 0.3 is 0 Å². The van der Waals surface area contributed by atoms with E-state index in [1.807, 2.05) is 25.6 Å². The molecular weight excluding hydrogens is 447 g/mol. The Bertz CT molecular complexity index is 495. The van der Waals surface area contributed by atoms with Gasteiger partial charge < -0.3 is 10.2 Å². The maximum absolute atomic E-state index is 11.4. The molecule has 1 heterocycles. The van der Waals surface area contributed by atoms with Crippen LogP contribution in [0.5, 0.6) is 0 Å². The third-order valence-corrected chi connectivity index (χ3v) is 5.96. The van der Waals surface area contributed by atoms with Crippen molar-refractivity contribution in [1.29, 1.82) is 0 Å². The van der Waals surface area contributed by atoms with E-state index in [0.29, 0.717) is 17.7 Å². The molecule has 2 N–H and O–H groups in total.